The number of pyridine rings is 1. The number of carbonyl (C=O) groups excluding carboxylic acids is 1. The van der Waals surface area contributed by atoms with Crippen LogP contribution < -0.4 is 10.9 Å². The lowest BCUT2D eigenvalue weighted by Crippen LogP contribution is -2.31. The third-order valence-electron chi connectivity index (χ3n) is 2.73. The summed E-state index contributed by atoms with van der Waals surface area (Å²) in [6.45, 7) is 0.247. The number of hydrogen-bond donors (Lipinski definition) is 1. The summed E-state index contributed by atoms with van der Waals surface area (Å²) in [5.41, 5.74) is 0.508. The largest absolute Gasteiger partial charge is 0.348 e. The predicted octanol–water partition coefficient (Wildman–Crippen LogP) is 1.45. The molecule has 1 aromatic heterocycles. The number of amides is 1. The lowest BCUT2D eigenvalue weighted by Gasteiger charge is -2.06. The van der Waals surface area contributed by atoms with E-state index in [1.165, 1.54) is 22.8 Å². The van der Waals surface area contributed by atoms with Gasteiger partial charge in [-0.05, 0) is 29.8 Å². The zero-order valence-electron chi connectivity index (χ0n) is 10.4. The van der Waals surface area contributed by atoms with Crippen LogP contribution in [0.5, 0.6) is 0 Å². The molecule has 0 saturated heterocycles. The van der Waals surface area contributed by atoms with Crippen LogP contribution in [0.1, 0.15) is 15.9 Å². The normalized spacial score (nSPS) is 10.2. The van der Waals surface area contributed by atoms with E-state index in [1.807, 2.05) is 0 Å². The molecule has 1 N–H and O–H groups in total. The number of halogens is 1. The Labute approximate surface area is 109 Å². The standard InChI is InChI=1S/C14H13FN2O2/c1-17-8-2-3-12(14(17)19)13(18)16-9-10-4-6-11(15)7-5-10/h2-8H,9H2,1H3,(H,16,18). The Kier molecular flexibility index (Phi) is 3.75. The van der Waals surface area contributed by atoms with Gasteiger partial charge in [0.25, 0.3) is 11.5 Å². The zero-order chi connectivity index (χ0) is 13.8. The van der Waals surface area contributed by atoms with Gasteiger partial charge in [0.05, 0.1) is 0 Å². The van der Waals surface area contributed by atoms with E-state index in [-0.39, 0.29) is 23.5 Å². The molecule has 1 amide bonds. The Morgan fingerprint density at radius 3 is 2.63 bits per heavy atom. The number of hydrogen-bond acceptors (Lipinski definition) is 2. The molecule has 1 heterocycles. The van der Waals surface area contributed by atoms with Crippen molar-refractivity contribution < 1.29 is 9.18 Å². The van der Waals surface area contributed by atoms with Crippen molar-refractivity contribution in [3.63, 3.8) is 0 Å². The van der Waals surface area contributed by atoms with Gasteiger partial charge in [-0.25, -0.2) is 4.39 Å². The first-order valence-electron chi connectivity index (χ1n) is 5.76. The van der Waals surface area contributed by atoms with E-state index in [4.69, 9.17) is 0 Å². The van der Waals surface area contributed by atoms with Gasteiger partial charge in [-0.15, -0.1) is 0 Å². The van der Waals surface area contributed by atoms with E-state index in [0.29, 0.717) is 0 Å². The second-order valence-corrected chi connectivity index (χ2v) is 4.15. The van der Waals surface area contributed by atoms with Crippen LogP contribution in [0.3, 0.4) is 0 Å². The summed E-state index contributed by atoms with van der Waals surface area (Å²) < 4.78 is 14.1. The monoisotopic (exact) mass is 260 g/mol. The first kappa shape index (κ1) is 13.0. The minimum absolute atomic E-state index is 0.0899. The fraction of sp³-hybridized carbons (Fsp3) is 0.143. The van der Waals surface area contributed by atoms with E-state index in [9.17, 15) is 14.0 Å². The minimum Gasteiger partial charge on any atom is -0.348 e. The molecule has 0 aliphatic rings. The van der Waals surface area contributed by atoms with E-state index in [2.05, 4.69) is 5.32 Å². The lowest BCUT2D eigenvalue weighted by molar-refractivity contribution is 0.0949. The van der Waals surface area contributed by atoms with Crippen molar-refractivity contribution in [3.8, 4) is 0 Å². The Morgan fingerprint density at radius 2 is 1.95 bits per heavy atom. The van der Waals surface area contributed by atoms with Gasteiger partial charge in [-0.3, -0.25) is 9.59 Å². The van der Waals surface area contributed by atoms with Crippen molar-refractivity contribution in [1.29, 1.82) is 0 Å². The Bertz CT molecular complexity index is 647. The van der Waals surface area contributed by atoms with Crippen molar-refractivity contribution in [2.24, 2.45) is 7.05 Å². The lowest BCUT2D eigenvalue weighted by atomic mass is 10.2. The molecule has 0 spiro atoms. The molecule has 0 unspecified atom stereocenters. The first-order valence-corrected chi connectivity index (χ1v) is 5.76. The number of nitrogens with one attached hydrogen (secondary N) is 1. The summed E-state index contributed by atoms with van der Waals surface area (Å²) >= 11 is 0. The van der Waals surface area contributed by atoms with Crippen LogP contribution >= 0.6 is 0 Å². The molecule has 0 saturated carbocycles. The molecule has 98 valence electrons. The smallest absolute Gasteiger partial charge is 0.263 e. The van der Waals surface area contributed by atoms with E-state index < -0.39 is 5.91 Å². The molecule has 0 aliphatic carbocycles. The Morgan fingerprint density at radius 1 is 1.26 bits per heavy atom. The highest BCUT2D eigenvalue weighted by Gasteiger charge is 2.10. The summed E-state index contributed by atoms with van der Waals surface area (Å²) in [6.07, 6.45) is 1.58. The van der Waals surface area contributed by atoms with Crippen LogP contribution in [-0.2, 0) is 13.6 Å². The second kappa shape index (κ2) is 5.48. The van der Waals surface area contributed by atoms with Gasteiger partial charge in [0.1, 0.15) is 11.4 Å². The molecule has 0 atom stereocenters. The number of benzene rings is 1. The maximum atomic E-state index is 12.7. The highest BCUT2D eigenvalue weighted by Crippen LogP contribution is 2.02. The minimum atomic E-state index is -0.439. The van der Waals surface area contributed by atoms with Gasteiger partial charge < -0.3 is 9.88 Å². The van der Waals surface area contributed by atoms with Crippen molar-refractivity contribution in [3.05, 3.63) is 69.9 Å². The zero-order valence-corrected chi connectivity index (χ0v) is 10.4. The molecule has 2 rings (SSSR count). The molecule has 5 heteroatoms. The topological polar surface area (TPSA) is 51.1 Å². The molecular formula is C14H13FN2O2. The molecule has 19 heavy (non-hydrogen) atoms. The molecular weight excluding hydrogens is 247 g/mol. The van der Waals surface area contributed by atoms with Crippen LogP contribution in [0.4, 0.5) is 4.39 Å². The van der Waals surface area contributed by atoms with Crippen molar-refractivity contribution in [1.82, 2.24) is 9.88 Å². The summed E-state index contributed by atoms with van der Waals surface area (Å²) in [7, 11) is 1.58. The molecule has 1 aromatic carbocycles. The van der Waals surface area contributed by atoms with Crippen molar-refractivity contribution in [2.45, 2.75) is 6.54 Å². The van der Waals surface area contributed by atoms with Gasteiger partial charge in [0, 0.05) is 19.8 Å². The Balaban J connectivity index is 2.07. The quantitative estimate of drug-likeness (QED) is 0.908. The number of aromatic nitrogens is 1. The second-order valence-electron chi connectivity index (χ2n) is 4.15. The van der Waals surface area contributed by atoms with Gasteiger partial charge in [0.2, 0.25) is 0 Å². The SMILES string of the molecule is Cn1cccc(C(=O)NCc2ccc(F)cc2)c1=O. The third kappa shape index (κ3) is 3.07. The van der Waals surface area contributed by atoms with E-state index in [1.54, 1.807) is 31.4 Å². The van der Waals surface area contributed by atoms with Crippen molar-refractivity contribution >= 4 is 5.91 Å². The average Bonchev–Trinajstić information content (AvgIpc) is 2.41. The fourth-order valence-electron chi connectivity index (χ4n) is 1.65. The molecule has 0 fully saturated rings. The number of rotatable bonds is 3. The van der Waals surface area contributed by atoms with Gasteiger partial charge in [-0.1, -0.05) is 12.1 Å². The summed E-state index contributed by atoms with van der Waals surface area (Å²) in [6, 6.07) is 8.92. The third-order valence-corrected chi connectivity index (χ3v) is 2.73. The highest BCUT2D eigenvalue weighted by atomic mass is 19.1. The van der Waals surface area contributed by atoms with Crippen LogP contribution in [0.15, 0.2) is 47.4 Å². The molecule has 2 aromatic rings. The number of nitrogens with zero attached hydrogens (tertiary/aromatic N) is 1. The molecule has 0 radical (unpaired) electrons. The highest BCUT2D eigenvalue weighted by molar-refractivity contribution is 5.93. The van der Waals surface area contributed by atoms with Gasteiger partial charge >= 0.3 is 0 Å². The number of carbonyl (C=O) groups is 1. The summed E-state index contributed by atoms with van der Waals surface area (Å²) in [5, 5.41) is 2.63. The van der Waals surface area contributed by atoms with Crippen LogP contribution in [0.2, 0.25) is 0 Å². The van der Waals surface area contributed by atoms with Crippen molar-refractivity contribution in [2.75, 3.05) is 0 Å². The van der Waals surface area contributed by atoms with Crippen LogP contribution in [0, 0.1) is 5.82 Å². The summed E-state index contributed by atoms with van der Waals surface area (Å²) in [4.78, 5) is 23.6. The Hall–Kier alpha value is -2.43. The van der Waals surface area contributed by atoms with Gasteiger partial charge in [0.15, 0.2) is 0 Å². The van der Waals surface area contributed by atoms with Crippen LogP contribution in [0.25, 0.3) is 0 Å². The maximum Gasteiger partial charge on any atom is 0.263 e. The predicted molar refractivity (Wildman–Crippen MR) is 69.3 cm³/mol. The summed E-state index contributed by atoms with van der Waals surface area (Å²) in [5.74, 6) is -0.766. The average molecular weight is 260 g/mol. The van der Waals surface area contributed by atoms with Gasteiger partial charge in [-0.2, -0.15) is 0 Å². The first-order chi connectivity index (χ1) is 9.08. The number of aryl methyl sites for hydroxylation is 1. The molecule has 0 bridgehead atoms. The maximum absolute atomic E-state index is 12.7. The van der Waals surface area contributed by atoms with E-state index >= 15 is 0 Å². The van der Waals surface area contributed by atoms with E-state index in [0.717, 1.165) is 5.56 Å². The molecule has 0 aliphatic heterocycles. The van der Waals surface area contributed by atoms with Crippen LogP contribution in [-0.4, -0.2) is 10.5 Å². The fourth-order valence-corrected chi connectivity index (χ4v) is 1.65. The molecule has 4 nitrogen and oxygen atoms in total.